The standard InChI is InChI=1S/C31H50O13.C10H14.C8H16O3/c1-11-31(9,10)30(35)44-29-26(41-21(8)34)18(5)23(14-38-29)43-28-25(40-20(7)33)17(4)22(13-37-28)42-27-24(39-19(6)32)16(3)15(2)12-36-27;1-3-9(2)10-7-5-4-6-8-10;1-4-8(2,3)7(10)11-6-5-9/h15-18,22-29H,11-14H2,1-10H3;4-9H,3H2,1-2H3;9H,4-6H2,1-3H3. The maximum Gasteiger partial charge on any atom is 0.313 e. The van der Waals surface area contributed by atoms with E-state index in [9.17, 15) is 24.0 Å². The minimum atomic E-state index is -1.12. The van der Waals surface area contributed by atoms with E-state index in [2.05, 4.69) is 44.2 Å². The van der Waals surface area contributed by atoms with Crippen LogP contribution in [0.2, 0.25) is 0 Å². The van der Waals surface area contributed by atoms with Crippen LogP contribution in [0.3, 0.4) is 0 Å². The molecular weight excluding hydrogens is 845 g/mol. The van der Waals surface area contributed by atoms with E-state index in [1.165, 1.54) is 32.8 Å². The van der Waals surface area contributed by atoms with Crippen LogP contribution in [0, 0.1) is 34.5 Å². The Morgan fingerprint density at radius 2 is 1.05 bits per heavy atom. The minimum absolute atomic E-state index is 0.000441. The number of ether oxygens (including phenoxy) is 10. The largest absolute Gasteiger partial charge is 0.463 e. The monoisotopic (exact) mass is 925 g/mol. The number of benzene rings is 1. The summed E-state index contributed by atoms with van der Waals surface area (Å²) in [7, 11) is 0. The van der Waals surface area contributed by atoms with Crippen LogP contribution in [0.15, 0.2) is 30.3 Å². The summed E-state index contributed by atoms with van der Waals surface area (Å²) in [5.41, 5.74) is 0.277. The number of carbonyl (C=O) groups is 5. The second-order valence-electron chi connectivity index (χ2n) is 18.7. The van der Waals surface area contributed by atoms with E-state index in [0.717, 1.165) is 6.42 Å². The van der Waals surface area contributed by atoms with Gasteiger partial charge in [0.2, 0.25) is 6.29 Å². The Bertz CT molecular complexity index is 1620. The molecule has 3 fully saturated rings. The molecule has 13 unspecified atom stereocenters. The van der Waals surface area contributed by atoms with E-state index in [1.807, 2.05) is 48.5 Å². The third kappa shape index (κ3) is 17.8. The molecule has 0 amide bonds. The Hall–Kier alpha value is -3.67. The molecule has 0 aliphatic carbocycles. The minimum Gasteiger partial charge on any atom is -0.463 e. The molecule has 1 aromatic rings. The Labute approximate surface area is 387 Å². The fourth-order valence-corrected chi connectivity index (χ4v) is 6.83. The number of hydrogen-bond acceptors (Lipinski definition) is 16. The van der Waals surface area contributed by atoms with Crippen molar-refractivity contribution in [2.45, 2.75) is 178 Å². The van der Waals surface area contributed by atoms with Gasteiger partial charge in [0.1, 0.15) is 6.61 Å². The van der Waals surface area contributed by atoms with E-state index in [0.29, 0.717) is 18.9 Å². The zero-order valence-corrected chi connectivity index (χ0v) is 41.6. The first-order chi connectivity index (χ1) is 30.4. The van der Waals surface area contributed by atoms with Gasteiger partial charge in [-0.05, 0) is 64.4 Å². The number of carbonyl (C=O) groups excluding carboxylic acids is 5. The molecule has 0 saturated carbocycles. The van der Waals surface area contributed by atoms with E-state index < -0.39 is 95.9 Å². The lowest BCUT2D eigenvalue weighted by atomic mass is 9.88. The molecule has 372 valence electrons. The normalized spacial score (nSPS) is 29.5. The van der Waals surface area contributed by atoms with Crippen molar-refractivity contribution in [3.63, 3.8) is 0 Å². The van der Waals surface area contributed by atoms with E-state index in [-0.39, 0.29) is 44.2 Å². The van der Waals surface area contributed by atoms with Crippen molar-refractivity contribution in [3.05, 3.63) is 35.9 Å². The molecule has 3 aliphatic heterocycles. The van der Waals surface area contributed by atoms with Crippen molar-refractivity contribution in [3.8, 4) is 0 Å². The highest BCUT2D eigenvalue weighted by atomic mass is 16.8. The fourth-order valence-electron chi connectivity index (χ4n) is 6.83. The van der Waals surface area contributed by atoms with Crippen LogP contribution >= 0.6 is 0 Å². The molecular formula is C49H80O16. The molecule has 3 heterocycles. The van der Waals surface area contributed by atoms with Crippen LogP contribution in [0.25, 0.3) is 0 Å². The van der Waals surface area contributed by atoms with Crippen molar-refractivity contribution in [1.29, 1.82) is 0 Å². The quantitative estimate of drug-likeness (QED) is 0.128. The smallest absolute Gasteiger partial charge is 0.313 e. The molecule has 4 rings (SSSR count). The van der Waals surface area contributed by atoms with Gasteiger partial charge in [-0.2, -0.15) is 0 Å². The number of aliphatic hydroxyl groups is 1. The van der Waals surface area contributed by atoms with Gasteiger partial charge in [0.15, 0.2) is 30.9 Å². The van der Waals surface area contributed by atoms with Gasteiger partial charge in [0.25, 0.3) is 0 Å². The summed E-state index contributed by atoms with van der Waals surface area (Å²) in [6.07, 6.45) is -4.12. The predicted molar refractivity (Wildman–Crippen MR) is 240 cm³/mol. The van der Waals surface area contributed by atoms with Gasteiger partial charge in [-0.25, -0.2) is 0 Å². The van der Waals surface area contributed by atoms with Gasteiger partial charge in [0.05, 0.1) is 49.5 Å². The third-order valence-electron chi connectivity index (χ3n) is 12.7. The van der Waals surface area contributed by atoms with Crippen molar-refractivity contribution in [2.24, 2.45) is 34.5 Å². The molecule has 0 radical (unpaired) electrons. The lowest BCUT2D eigenvalue weighted by Gasteiger charge is -2.46. The maximum absolute atomic E-state index is 12.8. The highest BCUT2D eigenvalue weighted by Crippen LogP contribution is 2.36. The highest BCUT2D eigenvalue weighted by Gasteiger charge is 2.50. The van der Waals surface area contributed by atoms with Crippen LogP contribution in [0.5, 0.6) is 0 Å². The Morgan fingerprint density at radius 3 is 1.48 bits per heavy atom. The van der Waals surface area contributed by atoms with Gasteiger partial charge in [-0.15, -0.1) is 0 Å². The average Bonchev–Trinajstić information content (AvgIpc) is 3.26. The molecule has 3 aliphatic rings. The van der Waals surface area contributed by atoms with Gasteiger partial charge < -0.3 is 52.5 Å². The molecule has 0 spiro atoms. The topological polar surface area (TPSA) is 198 Å². The average molecular weight is 925 g/mol. The summed E-state index contributed by atoms with van der Waals surface area (Å²) in [4.78, 5) is 59.8. The summed E-state index contributed by atoms with van der Waals surface area (Å²) < 4.78 is 57.6. The molecule has 13 atom stereocenters. The van der Waals surface area contributed by atoms with Crippen LogP contribution in [0.4, 0.5) is 0 Å². The van der Waals surface area contributed by atoms with E-state index in [4.69, 9.17) is 52.5 Å². The Morgan fingerprint density at radius 1 is 0.631 bits per heavy atom. The molecule has 0 aromatic heterocycles. The van der Waals surface area contributed by atoms with Crippen LogP contribution in [-0.2, 0) is 71.3 Å². The number of aliphatic hydroxyl groups excluding tert-OH is 1. The summed E-state index contributed by atoms with van der Waals surface area (Å²) in [5.74, 6) is -2.29. The summed E-state index contributed by atoms with van der Waals surface area (Å²) >= 11 is 0. The first-order valence-electron chi connectivity index (χ1n) is 23.2. The SMILES string of the molecule is CCC(C)(C)C(=O)OC1OCC(OC2OCC(OC3OCC(C)C(C)C3OC(C)=O)C(C)C2OC(C)=O)C(C)C1OC(C)=O.CCC(C)(C)C(=O)OCCO.CCC(C)c1ccccc1. The predicted octanol–water partition coefficient (Wildman–Crippen LogP) is 7.30. The Balaban J connectivity index is 0.000000563. The van der Waals surface area contributed by atoms with Crippen molar-refractivity contribution < 1.29 is 76.4 Å². The second-order valence-corrected chi connectivity index (χ2v) is 18.7. The summed E-state index contributed by atoms with van der Waals surface area (Å²) in [5, 5.41) is 8.38. The maximum atomic E-state index is 12.8. The molecule has 0 bridgehead atoms. The van der Waals surface area contributed by atoms with Gasteiger partial charge in [-0.1, -0.05) is 85.7 Å². The first kappa shape index (κ1) is 57.5. The molecule has 16 nitrogen and oxygen atoms in total. The highest BCUT2D eigenvalue weighted by molar-refractivity contribution is 5.76. The number of esters is 5. The molecule has 16 heteroatoms. The van der Waals surface area contributed by atoms with Gasteiger partial charge >= 0.3 is 29.8 Å². The molecule has 1 N–H and O–H groups in total. The zero-order chi connectivity index (χ0) is 49.2. The van der Waals surface area contributed by atoms with Crippen LogP contribution in [0.1, 0.15) is 135 Å². The second kappa shape index (κ2) is 27.2. The first-order valence-corrected chi connectivity index (χ1v) is 23.2. The van der Waals surface area contributed by atoms with E-state index in [1.54, 1.807) is 20.8 Å². The lowest BCUT2D eigenvalue weighted by molar-refractivity contribution is -0.333. The summed E-state index contributed by atoms with van der Waals surface area (Å²) in [6, 6.07) is 10.6. The van der Waals surface area contributed by atoms with E-state index >= 15 is 0 Å². The van der Waals surface area contributed by atoms with Crippen molar-refractivity contribution >= 4 is 29.8 Å². The molecule has 3 saturated heterocycles. The van der Waals surface area contributed by atoms with Crippen molar-refractivity contribution in [2.75, 3.05) is 33.0 Å². The van der Waals surface area contributed by atoms with Crippen LogP contribution in [-0.4, -0.2) is 117 Å². The number of hydrogen-bond donors (Lipinski definition) is 1. The fraction of sp³-hybridized carbons (Fsp3) is 0.776. The zero-order valence-electron chi connectivity index (χ0n) is 41.6. The summed E-state index contributed by atoms with van der Waals surface area (Å²) in [6.45, 7) is 27.5. The van der Waals surface area contributed by atoms with Crippen LogP contribution < -0.4 is 0 Å². The third-order valence-corrected chi connectivity index (χ3v) is 12.7. The molecule has 65 heavy (non-hydrogen) atoms. The Kier molecular flexibility index (Phi) is 24.1. The van der Waals surface area contributed by atoms with Gasteiger partial charge in [-0.3, -0.25) is 24.0 Å². The van der Waals surface area contributed by atoms with Crippen molar-refractivity contribution in [1.82, 2.24) is 0 Å². The molecule has 1 aromatic carbocycles. The van der Waals surface area contributed by atoms with Gasteiger partial charge in [0, 0.05) is 38.5 Å². The lowest BCUT2D eigenvalue weighted by Crippen LogP contribution is -2.58. The number of rotatable bonds is 16.